The lowest BCUT2D eigenvalue weighted by Gasteiger charge is -2.34. The van der Waals surface area contributed by atoms with Crippen molar-refractivity contribution < 1.29 is 22.7 Å². The largest absolute Gasteiger partial charge is 0.444 e. The number of amides is 1. The SMILES string of the molecule is CC(C)(C)OC(=O)NC[C@@H]1CCCN[C@H]1C(F)(F)F. The smallest absolute Gasteiger partial charge is 0.407 e. The Balaban J connectivity index is 2.48. The van der Waals surface area contributed by atoms with Crippen molar-refractivity contribution in [2.45, 2.75) is 51.4 Å². The number of alkyl halides is 3. The van der Waals surface area contributed by atoms with E-state index in [1.165, 1.54) is 0 Å². The molecule has 0 saturated carbocycles. The number of piperidine rings is 1. The van der Waals surface area contributed by atoms with Gasteiger partial charge in [-0.1, -0.05) is 0 Å². The molecule has 2 atom stereocenters. The molecule has 1 heterocycles. The molecule has 1 saturated heterocycles. The molecule has 0 aromatic rings. The maximum Gasteiger partial charge on any atom is 0.407 e. The van der Waals surface area contributed by atoms with E-state index in [9.17, 15) is 18.0 Å². The number of carbonyl (C=O) groups excluding carboxylic acids is 1. The topological polar surface area (TPSA) is 50.4 Å². The van der Waals surface area contributed by atoms with E-state index < -0.39 is 29.8 Å². The first-order valence-electron chi connectivity index (χ1n) is 6.36. The maximum atomic E-state index is 12.8. The van der Waals surface area contributed by atoms with Crippen LogP contribution < -0.4 is 10.6 Å². The molecule has 1 aliphatic rings. The molecule has 1 aliphatic heterocycles. The Morgan fingerprint density at radius 2 is 2.00 bits per heavy atom. The van der Waals surface area contributed by atoms with Crippen LogP contribution in [0.1, 0.15) is 33.6 Å². The zero-order chi connectivity index (χ0) is 14.7. The second-order valence-corrected chi connectivity index (χ2v) is 5.76. The fourth-order valence-corrected chi connectivity index (χ4v) is 2.09. The lowest BCUT2D eigenvalue weighted by Crippen LogP contribution is -2.54. The Bertz CT molecular complexity index is 313. The van der Waals surface area contributed by atoms with Crippen molar-refractivity contribution in [3.8, 4) is 0 Å². The second-order valence-electron chi connectivity index (χ2n) is 5.76. The van der Waals surface area contributed by atoms with Crippen molar-refractivity contribution in [1.29, 1.82) is 0 Å². The summed E-state index contributed by atoms with van der Waals surface area (Å²) in [6.07, 6.45) is -3.86. The molecule has 4 nitrogen and oxygen atoms in total. The first-order chi connectivity index (χ1) is 8.59. The third-order valence-electron chi connectivity index (χ3n) is 2.85. The van der Waals surface area contributed by atoms with Gasteiger partial charge in [0.25, 0.3) is 0 Å². The van der Waals surface area contributed by atoms with Crippen LogP contribution in [-0.2, 0) is 4.74 Å². The molecule has 0 aromatic carbocycles. The highest BCUT2D eigenvalue weighted by molar-refractivity contribution is 5.67. The summed E-state index contributed by atoms with van der Waals surface area (Å²) >= 11 is 0. The van der Waals surface area contributed by atoms with E-state index in [4.69, 9.17) is 4.74 Å². The van der Waals surface area contributed by atoms with Crippen molar-refractivity contribution in [3.63, 3.8) is 0 Å². The van der Waals surface area contributed by atoms with Gasteiger partial charge >= 0.3 is 12.3 Å². The lowest BCUT2D eigenvalue weighted by molar-refractivity contribution is -0.171. The number of alkyl carbamates (subject to hydrolysis) is 1. The summed E-state index contributed by atoms with van der Waals surface area (Å²) in [5.74, 6) is -0.652. The number of nitrogens with one attached hydrogen (secondary N) is 2. The number of rotatable bonds is 2. The van der Waals surface area contributed by atoms with Gasteiger partial charge in [0, 0.05) is 12.5 Å². The monoisotopic (exact) mass is 282 g/mol. The summed E-state index contributed by atoms with van der Waals surface area (Å²) in [4.78, 5) is 11.4. The van der Waals surface area contributed by atoms with E-state index in [0.717, 1.165) is 0 Å². The van der Waals surface area contributed by atoms with Crippen molar-refractivity contribution >= 4 is 6.09 Å². The standard InChI is InChI=1S/C12H21F3N2O2/c1-11(2,3)19-10(18)17-7-8-5-4-6-16-9(8)12(13,14)15/h8-9,16H,4-7H2,1-3H3,(H,17,18)/t8-,9+/m0/s1. The Kier molecular flexibility index (Phi) is 5.06. The van der Waals surface area contributed by atoms with Gasteiger partial charge in [-0.05, 0) is 40.2 Å². The van der Waals surface area contributed by atoms with Gasteiger partial charge in [0.05, 0.1) is 0 Å². The minimum Gasteiger partial charge on any atom is -0.444 e. The Morgan fingerprint density at radius 1 is 1.37 bits per heavy atom. The molecule has 7 heteroatoms. The fraction of sp³-hybridized carbons (Fsp3) is 0.917. The summed E-state index contributed by atoms with van der Waals surface area (Å²) in [6.45, 7) is 5.42. The highest BCUT2D eigenvalue weighted by atomic mass is 19.4. The molecule has 112 valence electrons. The molecular formula is C12H21F3N2O2. The highest BCUT2D eigenvalue weighted by Crippen LogP contribution is 2.30. The van der Waals surface area contributed by atoms with Crippen LogP contribution in [0, 0.1) is 5.92 Å². The number of hydrogen-bond acceptors (Lipinski definition) is 3. The maximum absolute atomic E-state index is 12.8. The van der Waals surface area contributed by atoms with Gasteiger partial charge in [-0.2, -0.15) is 13.2 Å². The van der Waals surface area contributed by atoms with Gasteiger partial charge in [0.15, 0.2) is 0 Å². The molecule has 0 spiro atoms. The summed E-state index contributed by atoms with van der Waals surface area (Å²) < 4.78 is 43.3. The van der Waals surface area contributed by atoms with Gasteiger partial charge in [-0.3, -0.25) is 0 Å². The number of hydrogen-bond donors (Lipinski definition) is 2. The normalized spacial score (nSPS) is 24.9. The van der Waals surface area contributed by atoms with Crippen molar-refractivity contribution in [1.82, 2.24) is 10.6 Å². The first-order valence-corrected chi connectivity index (χ1v) is 6.36. The van der Waals surface area contributed by atoms with Gasteiger partial charge in [-0.15, -0.1) is 0 Å². The fourth-order valence-electron chi connectivity index (χ4n) is 2.09. The van der Waals surface area contributed by atoms with Gasteiger partial charge in [0.2, 0.25) is 0 Å². The van der Waals surface area contributed by atoms with E-state index >= 15 is 0 Å². The van der Waals surface area contributed by atoms with Gasteiger partial charge < -0.3 is 15.4 Å². The lowest BCUT2D eigenvalue weighted by atomic mass is 9.90. The highest BCUT2D eigenvalue weighted by Gasteiger charge is 2.45. The molecule has 1 fully saturated rings. The molecule has 2 N–H and O–H groups in total. The molecule has 0 radical (unpaired) electrons. The summed E-state index contributed by atoms with van der Waals surface area (Å²) in [7, 11) is 0. The summed E-state index contributed by atoms with van der Waals surface area (Å²) in [5, 5.41) is 4.87. The van der Waals surface area contributed by atoms with E-state index in [-0.39, 0.29) is 6.54 Å². The predicted molar refractivity (Wildman–Crippen MR) is 64.8 cm³/mol. The third-order valence-corrected chi connectivity index (χ3v) is 2.85. The predicted octanol–water partition coefficient (Wildman–Crippen LogP) is 2.44. The van der Waals surface area contributed by atoms with E-state index in [1.54, 1.807) is 20.8 Å². The molecule has 0 aliphatic carbocycles. The van der Waals surface area contributed by atoms with Crippen LogP contribution in [0.25, 0.3) is 0 Å². The molecule has 1 amide bonds. The Hall–Kier alpha value is -0.980. The Morgan fingerprint density at radius 3 is 2.53 bits per heavy atom. The summed E-state index contributed by atoms with van der Waals surface area (Å²) in [6, 6.07) is -1.56. The Labute approximate surface area is 111 Å². The average molecular weight is 282 g/mol. The van der Waals surface area contributed by atoms with E-state index in [2.05, 4.69) is 10.6 Å². The zero-order valence-electron chi connectivity index (χ0n) is 11.4. The van der Waals surface area contributed by atoms with Crippen LogP contribution in [0.3, 0.4) is 0 Å². The van der Waals surface area contributed by atoms with E-state index in [0.29, 0.717) is 19.4 Å². The number of carbonyl (C=O) groups is 1. The quantitative estimate of drug-likeness (QED) is 0.818. The van der Waals surface area contributed by atoms with E-state index in [1.807, 2.05) is 0 Å². The molecule has 0 unspecified atom stereocenters. The van der Waals surface area contributed by atoms with Crippen LogP contribution in [0.2, 0.25) is 0 Å². The number of ether oxygens (including phenoxy) is 1. The van der Waals surface area contributed by atoms with Crippen LogP contribution in [0.5, 0.6) is 0 Å². The summed E-state index contributed by atoms with van der Waals surface area (Å²) in [5.41, 5.74) is -0.654. The van der Waals surface area contributed by atoms with Crippen LogP contribution >= 0.6 is 0 Å². The number of halogens is 3. The molecule has 19 heavy (non-hydrogen) atoms. The van der Waals surface area contributed by atoms with Crippen molar-refractivity contribution in [3.05, 3.63) is 0 Å². The first kappa shape index (κ1) is 16.1. The third kappa shape index (κ3) is 5.67. The van der Waals surface area contributed by atoms with Crippen LogP contribution in [0.15, 0.2) is 0 Å². The molecular weight excluding hydrogens is 261 g/mol. The molecule has 0 aromatic heterocycles. The van der Waals surface area contributed by atoms with Gasteiger partial charge in [0.1, 0.15) is 11.6 Å². The van der Waals surface area contributed by atoms with Crippen molar-refractivity contribution in [2.24, 2.45) is 5.92 Å². The van der Waals surface area contributed by atoms with Crippen molar-refractivity contribution in [2.75, 3.05) is 13.1 Å². The molecule has 1 rings (SSSR count). The zero-order valence-corrected chi connectivity index (χ0v) is 11.4. The average Bonchev–Trinajstić information content (AvgIpc) is 2.23. The molecule has 0 bridgehead atoms. The van der Waals surface area contributed by atoms with Crippen LogP contribution in [-0.4, -0.2) is 37.0 Å². The minimum atomic E-state index is -4.29. The minimum absolute atomic E-state index is 0.0356. The second kappa shape index (κ2) is 5.98. The van der Waals surface area contributed by atoms with Gasteiger partial charge in [-0.25, -0.2) is 4.79 Å². The van der Waals surface area contributed by atoms with Crippen LogP contribution in [0.4, 0.5) is 18.0 Å².